The summed E-state index contributed by atoms with van der Waals surface area (Å²) in [5.41, 5.74) is 0.724. The maximum Gasteiger partial charge on any atom is 0.244 e. The highest BCUT2D eigenvalue weighted by Gasteiger charge is 2.30. The van der Waals surface area contributed by atoms with Crippen molar-refractivity contribution in [3.05, 3.63) is 59.9 Å². The van der Waals surface area contributed by atoms with Crippen LogP contribution < -0.4 is 14.4 Å². The van der Waals surface area contributed by atoms with Crippen LogP contribution in [0.15, 0.2) is 48.5 Å². The van der Waals surface area contributed by atoms with Gasteiger partial charge in [0.05, 0.1) is 19.1 Å². The van der Waals surface area contributed by atoms with E-state index in [1.54, 1.807) is 31.2 Å². The van der Waals surface area contributed by atoms with Crippen LogP contribution in [0.25, 0.3) is 0 Å². The molecule has 0 saturated carbocycles. The third-order valence-electron chi connectivity index (χ3n) is 5.11. The lowest BCUT2D eigenvalue weighted by atomic mass is 10.1. The minimum Gasteiger partial charge on any atom is -0.497 e. The van der Waals surface area contributed by atoms with Gasteiger partial charge in [-0.1, -0.05) is 32.0 Å². The van der Waals surface area contributed by atoms with Gasteiger partial charge in [0.1, 0.15) is 24.2 Å². The molecule has 2 rings (SSSR count). The van der Waals surface area contributed by atoms with Gasteiger partial charge in [0.15, 0.2) is 0 Å². The Bertz CT molecular complexity index is 1110. The van der Waals surface area contributed by atoms with E-state index in [0.29, 0.717) is 17.9 Å². The summed E-state index contributed by atoms with van der Waals surface area (Å²) in [5, 5.41) is 2.81. The van der Waals surface area contributed by atoms with Gasteiger partial charge in [-0.15, -0.1) is 0 Å². The van der Waals surface area contributed by atoms with Crippen molar-refractivity contribution in [2.45, 2.75) is 33.4 Å². The van der Waals surface area contributed by atoms with E-state index in [1.165, 1.54) is 30.2 Å². The lowest BCUT2D eigenvalue weighted by molar-refractivity contribution is -0.139. The number of nitrogens with zero attached hydrogens (tertiary/aromatic N) is 2. The van der Waals surface area contributed by atoms with Gasteiger partial charge in [0, 0.05) is 13.1 Å². The molecule has 0 radical (unpaired) electrons. The fourth-order valence-electron chi connectivity index (χ4n) is 3.25. The van der Waals surface area contributed by atoms with E-state index in [4.69, 9.17) is 4.74 Å². The van der Waals surface area contributed by atoms with E-state index < -0.39 is 34.3 Å². The van der Waals surface area contributed by atoms with Crippen molar-refractivity contribution in [2.75, 3.05) is 30.8 Å². The molecule has 0 bridgehead atoms. The molecule has 0 aliphatic rings. The molecule has 0 spiro atoms. The van der Waals surface area contributed by atoms with Crippen molar-refractivity contribution in [1.82, 2.24) is 10.2 Å². The smallest absolute Gasteiger partial charge is 0.244 e. The molecule has 10 heteroatoms. The number of hydrogen-bond donors (Lipinski definition) is 1. The van der Waals surface area contributed by atoms with E-state index in [9.17, 15) is 22.4 Å². The second-order valence-corrected chi connectivity index (χ2v) is 10.3. The van der Waals surface area contributed by atoms with E-state index in [1.807, 2.05) is 13.8 Å². The molecule has 0 heterocycles. The summed E-state index contributed by atoms with van der Waals surface area (Å²) >= 11 is 0. The third kappa shape index (κ3) is 7.72. The molecule has 2 aromatic carbocycles. The Morgan fingerprint density at radius 1 is 1.09 bits per heavy atom. The zero-order chi connectivity index (χ0) is 25.5. The van der Waals surface area contributed by atoms with Crippen LogP contribution in [0.2, 0.25) is 0 Å². The minimum absolute atomic E-state index is 0.0223. The van der Waals surface area contributed by atoms with Crippen molar-refractivity contribution in [1.29, 1.82) is 0 Å². The number of carbonyl (C=O) groups is 2. The van der Waals surface area contributed by atoms with Gasteiger partial charge in [-0.05, 0) is 48.7 Å². The quantitative estimate of drug-likeness (QED) is 0.519. The Morgan fingerprint density at radius 2 is 1.76 bits per heavy atom. The molecule has 34 heavy (non-hydrogen) atoms. The van der Waals surface area contributed by atoms with Gasteiger partial charge in [-0.25, -0.2) is 12.8 Å². The third-order valence-corrected chi connectivity index (χ3v) is 6.25. The van der Waals surface area contributed by atoms with Gasteiger partial charge >= 0.3 is 0 Å². The first-order valence-corrected chi connectivity index (χ1v) is 12.7. The Balaban J connectivity index is 2.38. The number of ether oxygens (including phenoxy) is 1. The summed E-state index contributed by atoms with van der Waals surface area (Å²) in [6.45, 7) is 5.38. The Hall–Kier alpha value is -3.14. The fourth-order valence-corrected chi connectivity index (χ4v) is 4.09. The molecule has 0 aliphatic heterocycles. The van der Waals surface area contributed by atoms with Crippen LogP contribution in [0, 0.1) is 11.7 Å². The van der Waals surface area contributed by atoms with Gasteiger partial charge in [0.25, 0.3) is 0 Å². The number of rotatable bonds is 11. The molecule has 0 aliphatic carbocycles. The number of methoxy groups -OCH3 is 1. The molecule has 1 N–H and O–H groups in total. The lowest BCUT2D eigenvalue weighted by Crippen LogP contribution is -2.51. The van der Waals surface area contributed by atoms with Crippen LogP contribution in [0.3, 0.4) is 0 Å². The Kier molecular flexibility index (Phi) is 9.43. The number of benzene rings is 2. The number of halogens is 1. The van der Waals surface area contributed by atoms with E-state index in [2.05, 4.69) is 5.32 Å². The highest BCUT2D eigenvalue weighted by atomic mass is 32.2. The van der Waals surface area contributed by atoms with Gasteiger partial charge < -0.3 is 15.0 Å². The number of anilines is 1. The molecular formula is C24H32FN3O5S. The topological polar surface area (TPSA) is 96.0 Å². The van der Waals surface area contributed by atoms with Crippen LogP contribution in [-0.2, 0) is 26.2 Å². The number of hydrogen-bond acceptors (Lipinski definition) is 5. The Labute approximate surface area is 200 Å². The molecule has 2 amide bonds. The standard InChI is InChI=1S/C24H32FN3O5S/c1-17(2)14-26-24(30)18(3)27(15-19-8-6-11-22(12-19)33-4)23(29)16-28(34(5,31)32)21-10-7-9-20(25)13-21/h6-13,17-18H,14-16H2,1-5H3,(H,26,30)/t18-/m1/s1. The predicted octanol–water partition coefficient (Wildman–Crippen LogP) is 2.79. The predicted molar refractivity (Wildman–Crippen MR) is 129 cm³/mol. The highest BCUT2D eigenvalue weighted by molar-refractivity contribution is 7.92. The van der Waals surface area contributed by atoms with Crippen molar-refractivity contribution in [3.63, 3.8) is 0 Å². The van der Waals surface area contributed by atoms with Gasteiger partial charge in [0.2, 0.25) is 21.8 Å². The SMILES string of the molecule is COc1cccc(CN(C(=O)CN(c2cccc(F)c2)S(C)(=O)=O)[C@H](C)C(=O)NCC(C)C)c1. The zero-order valence-corrected chi connectivity index (χ0v) is 20.9. The summed E-state index contributed by atoms with van der Waals surface area (Å²) in [6, 6.07) is 11.1. The molecule has 186 valence electrons. The summed E-state index contributed by atoms with van der Waals surface area (Å²) in [7, 11) is -2.39. The average Bonchev–Trinajstić information content (AvgIpc) is 2.78. The molecule has 0 unspecified atom stereocenters. The average molecular weight is 494 g/mol. The molecule has 8 nitrogen and oxygen atoms in total. The second-order valence-electron chi connectivity index (χ2n) is 8.44. The van der Waals surface area contributed by atoms with Crippen LogP contribution in [0.4, 0.5) is 10.1 Å². The number of amides is 2. The first-order valence-electron chi connectivity index (χ1n) is 10.9. The summed E-state index contributed by atoms with van der Waals surface area (Å²) in [4.78, 5) is 27.5. The number of nitrogens with one attached hydrogen (secondary N) is 1. The summed E-state index contributed by atoms with van der Waals surface area (Å²) in [6.07, 6.45) is 0.941. The Morgan fingerprint density at radius 3 is 2.35 bits per heavy atom. The highest BCUT2D eigenvalue weighted by Crippen LogP contribution is 2.21. The molecular weight excluding hydrogens is 461 g/mol. The van der Waals surface area contributed by atoms with Crippen molar-refractivity contribution >= 4 is 27.5 Å². The minimum atomic E-state index is -3.92. The van der Waals surface area contributed by atoms with Crippen LogP contribution in [-0.4, -0.2) is 57.6 Å². The molecule has 2 aromatic rings. The van der Waals surface area contributed by atoms with Gasteiger partial charge in [-0.2, -0.15) is 0 Å². The van der Waals surface area contributed by atoms with Crippen molar-refractivity contribution < 1.29 is 27.1 Å². The molecule has 1 atom stereocenters. The first-order chi connectivity index (χ1) is 15.9. The van der Waals surface area contributed by atoms with Gasteiger partial charge in [-0.3, -0.25) is 13.9 Å². The maximum absolute atomic E-state index is 13.8. The van der Waals surface area contributed by atoms with Crippen LogP contribution in [0.1, 0.15) is 26.3 Å². The number of sulfonamides is 1. The first kappa shape index (κ1) is 27.1. The monoisotopic (exact) mass is 493 g/mol. The number of carbonyl (C=O) groups excluding carboxylic acids is 2. The molecule has 0 fully saturated rings. The summed E-state index contributed by atoms with van der Waals surface area (Å²) in [5.74, 6) is -0.800. The van der Waals surface area contributed by atoms with E-state index in [-0.39, 0.29) is 24.1 Å². The molecule has 0 saturated heterocycles. The zero-order valence-electron chi connectivity index (χ0n) is 20.1. The second kappa shape index (κ2) is 11.8. The van der Waals surface area contributed by atoms with Crippen molar-refractivity contribution in [3.8, 4) is 5.75 Å². The summed E-state index contributed by atoms with van der Waals surface area (Å²) < 4.78 is 44.8. The van der Waals surface area contributed by atoms with Crippen LogP contribution in [0.5, 0.6) is 5.75 Å². The maximum atomic E-state index is 13.8. The van der Waals surface area contributed by atoms with E-state index in [0.717, 1.165) is 16.6 Å². The fraction of sp³-hybridized carbons (Fsp3) is 0.417. The lowest BCUT2D eigenvalue weighted by Gasteiger charge is -2.31. The molecule has 0 aromatic heterocycles. The van der Waals surface area contributed by atoms with Crippen LogP contribution >= 0.6 is 0 Å². The van der Waals surface area contributed by atoms with E-state index >= 15 is 0 Å². The largest absolute Gasteiger partial charge is 0.497 e. The van der Waals surface area contributed by atoms with Crippen molar-refractivity contribution in [2.24, 2.45) is 5.92 Å². The normalized spacial score (nSPS) is 12.2.